The number of nitrogens with zero attached hydrogens (tertiary/aromatic N) is 3. The molecule has 0 bridgehead atoms. The molecule has 2 aromatic heterocycles. The minimum Gasteiger partial charge on any atom is -0.366 e. The topological polar surface area (TPSA) is 47.4 Å². The van der Waals surface area contributed by atoms with Gasteiger partial charge in [-0.1, -0.05) is 0 Å². The predicted molar refractivity (Wildman–Crippen MR) is 91.1 cm³/mol. The smallest absolute Gasteiger partial charge is 0.270 e. The Hall–Kier alpha value is -1.66. The van der Waals surface area contributed by atoms with Crippen molar-refractivity contribution in [2.24, 2.45) is 13.0 Å². The van der Waals surface area contributed by atoms with Gasteiger partial charge in [-0.15, -0.1) is 11.3 Å². The second kappa shape index (κ2) is 5.43. The van der Waals surface area contributed by atoms with Gasteiger partial charge in [-0.2, -0.15) is 0 Å². The second-order valence-corrected chi connectivity index (χ2v) is 8.15. The predicted octanol–water partition coefficient (Wildman–Crippen LogP) is 2.96. The van der Waals surface area contributed by atoms with Gasteiger partial charge >= 0.3 is 0 Å². The van der Waals surface area contributed by atoms with Gasteiger partial charge in [0.25, 0.3) is 5.91 Å². The maximum absolute atomic E-state index is 12.6. The van der Waals surface area contributed by atoms with Crippen molar-refractivity contribution in [2.75, 3.05) is 13.1 Å². The van der Waals surface area contributed by atoms with Gasteiger partial charge < -0.3 is 14.2 Å². The maximum atomic E-state index is 12.6. The molecule has 0 radical (unpaired) electrons. The molecule has 0 N–H and O–H groups in total. The summed E-state index contributed by atoms with van der Waals surface area (Å²) in [7, 11) is 1.91. The molecule has 2 saturated heterocycles. The van der Waals surface area contributed by atoms with Gasteiger partial charge in [0, 0.05) is 43.5 Å². The fourth-order valence-electron chi connectivity index (χ4n) is 3.95. The Kier molecular flexibility index (Phi) is 3.31. The number of aryl methyl sites for hydroxylation is 1. The molecular formula is C18H21N3O2S. The van der Waals surface area contributed by atoms with E-state index in [0.29, 0.717) is 18.4 Å². The number of thiazole rings is 1. The van der Waals surface area contributed by atoms with Crippen LogP contribution in [0.25, 0.3) is 0 Å². The number of hydrogen-bond acceptors (Lipinski definition) is 4. The van der Waals surface area contributed by atoms with Crippen LogP contribution in [0.5, 0.6) is 0 Å². The largest absolute Gasteiger partial charge is 0.366 e. The van der Waals surface area contributed by atoms with Crippen molar-refractivity contribution in [2.45, 2.75) is 37.4 Å². The van der Waals surface area contributed by atoms with Crippen LogP contribution in [0.15, 0.2) is 23.7 Å². The van der Waals surface area contributed by atoms with Gasteiger partial charge in [-0.25, -0.2) is 4.98 Å². The van der Waals surface area contributed by atoms with E-state index in [0.717, 1.165) is 23.7 Å². The number of rotatable bonds is 3. The summed E-state index contributed by atoms with van der Waals surface area (Å²) < 4.78 is 8.14. The zero-order chi connectivity index (χ0) is 16.3. The molecule has 0 spiro atoms. The molecule has 3 fully saturated rings. The first-order chi connectivity index (χ1) is 11.7. The Morgan fingerprint density at radius 2 is 2.25 bits per heavy atom. The van der Waals surface area contributed by atoms with Gasteiger partial charge in [0.1, 0.15) is 16.8 Å². The van der Waals surface area contributed by atoms with Crippen molar-refractivity contribution in [1.29, 1.82) is 0 Å². The fourth-order valence-corrected chi connectivity index (χ4v) is 4.90. The molecule has 2 aliphatic heterocycles. The van der Waals surface area contributed by atoms with Crippen molar-refractivity contribution in [3.63, 3.8) is 0 Å². The number of fused-ring (bicyclic) bond motifs is 1. The summed E-state index contributed by atoms with van der Waals surface area (Å²) in [6, 6.07) is 3.80. The van der Waals surface area contributed by atoms with Crippen LogP contribution in [0.3, 0.4) is 0 Å². The van der Waals surface area contributed by atoms with Crippen LogP contribution in [0.4, 0.5) is 0 Å². The highest BCUT2D eigenvalue weighted by molar-refractivity contribution is 7.09. The zero-order valence-electron chi connectivity index (χ0n) is 13.7. The van der Waals surface area contributed by atoms with Gasteiger partial charge in [0.05, 0.1) is 11.8 Å². The Labute approximate surface area is 145 Å². The van der Waals surface area contributed by atoms with Crippen molar-refractivity contribution in [3.05, 3.63) is 40.1 Å². The molecule has 5 rings (SSSR count). The standard InChI is InChI=1S/C18H21N3O2S/c1-20-6-2-3-14(20)18(22)21-8-12-7-15(23-16(12)9-21)17-19-13(10-24-17)11-4-5-11/h2-3,6,10-12,15-16H,4-5,7-9H2,1H3/t12-,15-,16+/m0/s1. The van der Waals surface area contributed by atoms with Crippen LogP contribution in [0.2, 0.25) is 0 Å². The summed E-state index contributed by atoms with van der Waals surface area (Å²) in [5.74, 6) is 1.25. The van der Waals surface area contributed by atoms with Crippen molar-refractivity contribution < 1.29 is 9.53 Å². The molecule has 4 heterocycles. The van der Waals surface area contributed by atoms with Crippen LogP contribution in [-0.2, 0) is 11.8 Å². The summed E-state index contributed by atoms with van der Waals surface area (Å²) in [4.78, 5) is 19.4. The number of carbonyl (C=O) groups is 1. The molecule has 6 heteroatoms. The third kappa shape index (κ3) is 2.40. The van der Waals surface area contributed by atoms with Gasteiger partial charge in [0.15, 0.2) is 0 Å². The summed E-state index contributed by atoms with van der Waals surface area (Å²) in [5, 5.41) is 3.34. The molecule has 0 aromatic carbocycles. The lowest BCUT2D eigenvalue weighted by Crippen LogP contribution is -2.32. The number of amides is 1. The quantitative estimate of drug-likeness (QED) is 0.861. The number of carbonyl (C=O) groups excluding carboxylic acids is 1. The SMILES string of the molecule is Cn1cccc1C(=O)N1C[C@@H]2C[C@@H](c3nc(C4CC4)cs3)O[C@@H]2C1. The fraction of sp³-hybridized carbons (Fsp3) is 0.556. The lowest BCUT2D eigenvalue weighted by atomic mass is 10.0. The Morgan fingerprint density at radius 3 is 2.96 bits per heavy atom. The summed E-state index contributed by atoms with van der Waals surface area (Å²) >= 11 is 1.74. The summed E-state index contributed by atoms with van der Waals surface area (Å²) in [6.07, 6.45) is 5.76. The summed E-state index contributed by atoms with van der Waals surface area (Å²) in [5.41, 5.74) is 2.01. The molecule has 0 unspecified atom stereocenters. The number of likely N-dealkylation sites (tertiary alicyclic amines) is 1. The van der Waals surface area contributed by atoms with E-state index in [1.54, 1.807) is 11.3 Å². The first kappa shape index (κ1) is 14.7. The van der Waals surface area contributed by atoms with Crippen molar-refractivity contribution in [3.8, 4) is 0 Å². The van der Waals surface area contributed by atoms with Crippen LogP contribution in [-0.4, -0.2) is 39.6 Å². The third-order valence-electron chi connectivity index (χ3n) is 5.50. The van der Waals surface area contributed by atoms with E-state index in [1.165, 1.54) is 18.5 Å². The average Bonchev–Trinajstić information content (AvgIpc) is 2.97. The Bertz CT molecular complexity index is 765. The van der Waals surface area contributed by atoms with Crippen LogP contribution >= 0.6 is 11.3 Å². The highest BCUT2D eigenvalue weighted by Crippen LogP contribution is 2.45. The number of ether oxygens (including phenoxy) is 1. The zero-order valence-corrected chi connectivity index (χ0v) is 14.5. The minimum absolute atomic E-state index is 0.113. The molecule has 1 saturated carbocycles. The molecule has 24 heavy (non-hydrogen) atoms. The van der Waals surface area contributed by atoms with E-state index < -0.39 is 0 Å². The monoisotopic (exact) mass is 343 g/mol. The van der Waals surface area contributed by atoms with E-state index >= 15 is 0 Å². The molecule has 126 valence electrons. The highest BCUT2D eigenvalue weighted by Gasteiger charge is 2.45. The minimum atomic E-state index is 0.113. The highest BCUT2D eigenvalue weighted by atomic mass is 32.1. The molecule has 3 aliphatic rings. The van der Waals surface area contributed by atoms with Crippen LogP contribution in [0, 0.1) is 5.92 Å². The first-order valence-corrected chi connectivity index (χ1v) is 9.58. The third-order valence-corrected chi connectivity index (χ3v) is 6.45. The molecule has 3 atom stereocenters. The maximum Gasteiger partial charge on any atom is 0.270 e. The Balaban J connectivity index is 1.25. The second-order valence-electron chi connectivity index (χ2n) is 7.26. The average molecular weight is 343 g/mol. The van der Waals surface area contributed by atoms with E-state index in [4.69, 9.17) is 9.72 Å². The van der Waals surface area contributed by atoms with Crippen LogP contribution in [0.1, 0.15) is 52.5 Å². The lowest BCUT2D eigenvalue weighted by molar-refractivity contribution is 0.0351. The van der Waals surface area contributed by atoms with Gasteiger partial charge in [-0.05, 0) is 31.4 Å². The van der Waals surface area contributed by atoms with Crippen molar-refractivity contribution in [1.82, 2.24) is 14.5 Å². The van der Waals surface area contributed by atoms with Crippen molar-refractivity contribution >= 4 is 17.2 Å². The van der Waals surface area contributed by atoms with E-state index in [-0.39, 0.29) is 18.1 Å². The van der Waals surface area contributed by atoms with Crippen LogP contribution < -0.4 is 0 Å². The van der Waals surface area contributed by atoms with E-state index in [1.807, 2.05) is 34.8 Å². The summed E-state index contributed by atoms with van der Waals surface area (Å²) in [6.45, 7) is 1.50. The first-order valence-electron chi connectivity index (χ1n) is 8.70. The molecule has 2 aromatic rings. The normalized spacial score (nSPS) is 29.2. The Morgan fingerprint density at radius 1 is 1.38 bits per heavy atom. The van der Waals surface area contributed by atoms with E-state index in [2.05, 4.69) is 5.38 Å². The van der Waals surface area contributed by atoms with Gasteiger partial charge in [0.2, 0.25) is 0 Å². The number of hydrogen-bond donors (Lipinski definition) is 0. The molecule has 1 amide bonds. The molecule has 1 aliphatic carbocycles. The molecular weight excluding hydrogens is 322 g/mol. The van der Waals surface area contributed by atoms with E-state index in [9.17, 15) is 4.79 Å². The number of aromatic nitrogens is 2. The van der Waals surface area contributed by atoms with Gasteiger partial charge in [-0.3, -0.25) is 4.79 Å². The molecule has 5 nitrogen and oxygen atoms in total. The lowest BCUT2D eigenvalue weighted by Gasteiger charge is -2.19.